The summed E-state index contributed by atoms with van der Waals surface area (Å²) in [5.74, 6) is -1.82. The average Bonchev–Trinajstić information content (AvgIpc) is 3.63. The Morgan fingerprint density at radius 1 is 0.980 bits per heavy atom. The number of ether oxygens (including phenoxy) is 4. The smallest absolute Gasteiger partial charge is 0.290 e. The lowest BCUT2D eigenvalue weighted by atomic mass is 9.81. The summed E-state index contributed by atoms with van der Waals surface area (Å²) in [5, 5.41) is 13.1. The van der Waals surface area contributed by atoms with Crippen LogP contribution in [0.15, 0.2) is 83.2 Å². The molecule has 3 heterocycles. The van der Waals surface area contributed by atoms with Gasteiger partial charge in [0.25, 0.3) is 17.7 Å². The van der Waals surface area contributed by atoms with Crippen molar-refractivity contribution in [3.8, 4) is 0 Å². The van der Waals surface area contributed by atoms with Crippen molar-refractivity contribution < 1.29 is 42.9 Å². The number of carbonyl (C=O) groups is 3. The molecular weight excluding hydrogens is 652 g/mol. The molecule has 3 amide bonds. The van der Waals surface area contributed by atoms with Gasteiger partial charge in [0, 0.05) is 46.7 Å². The molecule has 0 aliphatic carbocycles. The summed E-state index contributed by atoms with van der Waals surface area (Å²) in [6, 6.07) is 17.3. The van der Waals surface area contributed by atoms with Gasteiger partial charge in [-0.3, -0.25) is 14.4 Å². The maximum Gasteiger partial charge on any atom is 0.290 e. The summed E-state index contributed by atoms with van der Waals surface area (Å²) in [4.78, 5) is 41.1. The largest absolute Gasteiger partial charge is 0.464 e. The number of fused-ring (bicyclic) bond motifs is 2. The third-order valence-corrected chi connectivity index (χ3v) is 8.79. The maximum absolute atomic E-state index is 13.8. The first-order chi connectivity index (χ1) is 23.8. The number of nitrogens with zero attached hydrogens (tertiary/aromatic N) is 1. The van der Waals surface area contributed by atoms with Crippen molar-refractivity contribution in [1.29, 1.82) is 0 Å². The standard InChI is InChI=1S/C37H37ClN2O9/c1-3-47-37-27(12-14-45-16-17-46-15-13-41)28(30-21-48-32-7-5-4-6-25(30)32)20-33(49-37)34(42)39-24-9-11-31(22(2)18-24)40-35(43)26-10-8-23(38)19-29(26)36(40)44/h4-11,18-21,27-28,37,41H,3,12-17H2,1-2H3,(H,39,42)/t27-,28+,37-/m0/s1. The quantitative estimate of drug-likeness (QED) is 0.117. The number of para-hydroxylation sites is 1. The van der Waals surface area contributed by atoms with Gasteiger partial charge in [0.2, 0.25) is 6.29 Å². The number of aryl methyl sites for hydroxylation is 1. The zero-order valence-corrected chi connectivity index (χ0v) is 27.9. The summed E-state index contributed by atoms with van der Waals surface area (Å²) in [6.45, 7) is 5.32. The second-order valence-corrected chi connectivity index (χ2v) is 12.1. The van der Waals surface area contributed by atoms with Crippen LogP contribution in [-0.4, -0.2) is 68.8 Å². The third kappa shape index (κ3) is 7.26. The van der Waals surface area contributed by atoms with E-state index in [1.54, 1.807) is 49.6 Å². The molecule has 1 aromatic heterocycles. The molecule has 2 N–H and O–H groups in total. The van der Waals surface area contributed by atoms with Gasteiger partial charge in [-0.05, 0) is 74.4 Å². The summed E-state index contributed by atoms with van der Waals surface area (Å²) < 4.78 is 29.3. The van der Waals surface area contributed by atoms with Crippen LogP contribution in [0, 0.1) is 12.8 Å². The number of aliphatic hydroxyl groups excluding tert-OH is 1. The van der Waals surface area contributed by atoms with E-state index in [0.29, 0.717) is 54.8 Å². The van der Waals surface area contributed by atoms with Crippen LogP contribution >= 0.6 is 11.6 Å². The molecule has 0 radical (unpaired) electrons. The highest BCUT2D eigenvalue weighted by Crippen LogP contribution is 2.42. The van der Waals surface area contributed by atoms with Crippen LogP contribution in [0.4, 0.5) is 11.4 Å². The first-order valence-electron chi connectivity index (χ1n) is 16.1. The number of allylic oxidation sites excluding steroid dienone is 1. The predicted octanol–water partition coefficient (Wildman–Crippen LogP) is 6.23. The molecule has 0 bridgehead atoms. The summed E-state index contributed by atoms with van der Waals surface area (Å²) in [6.07, 6.45) is 3.31. The summed E-state index contributed by atoms with van der Waals surface area (Å²) >= 11 is 6.07. The number of carbonyl (C=O) groups excluding carboxylic acids is 3. The van der Waals surface area contributed by atoms with Crippen molar-refractivity contribution in [2.24, 2.45) is 5.92 Å². The van der Waals surface area contributed by atoms with E-state index in [0.717, 1.165) is 21.4 Å². The molecule has 2 aliphatic rings. The summed E-state index contributed by atoms with van der Waals surface area (Å²) in [7, 11) is 0. The zero-order valence-electron chi connectivity index (χ0n) is 27.1. The normalized spacial score (nSPS) is 18.8. The first-order valence-corrected chi connectivity index (χ1v) is 16.5. The van der Waals surface area contributed by atoms with Gasteiger partial charge in [-0.25, -0.2) is 4.90 Å². The maximum atomic E-state index is 13.8. The molecule has 6 rings (SSSR count). The van der Waals surface area contributed by atoms with Gasteiger partial charge in [0.05, 0.1) is 49.5 Å². The SMILES string of the molecule is CCO[C@H]1OC(C(=O)Nc2ccc(N3C(=O)c4ccc(Cl)cc4C3=O)c(C)c2)=C[C@@H](c2coc3ccccc23)[C@@H]1CCOCCOCCO. The van der Waals surface area contributed by atoms with Crippen molar-refractivity contribution in [2.45, 2.75) is 32.5 Å². The lowest BCUT2D eigenvalue weighted by molar-refractivity contribution is -0.166. The molecule has 12 heteroatoms. The zero-order chi connectivity index (χ0) is 34.5. The van der Waals surface area contributed by atoms with Crippen LogP contribution in [0.3, 0.4) is 0 Å². The van der Waals surface area contributed by atoms with Crippen LogP contribution in [0.5, 0.6) is 0 Å². The first kappa shape index (κ1) is 34.3. The Morgan fingerprint density at radius 2 is 1.76 bits per heavy atom. The number of halogens is 1. The number of hydrogen-bond acceptors (Lipinski definition) is 9. The lowest BCUT2D eigenvalue weighted by Crippen LogP contribution is -2.38. The van der Waals surface area contributed by atoms with Gasteiger partial charge < -0.3 is 33.8 Å². The Hall–Kier alpha value is -4.52. The minimum atomic E-state index is -0.755. The van der Waals surface area contributed by atoms with Crippen molar-refractivity contribution in [3.05, 3.63) is 106 Å². The van der Waals surface area contributed by atoms with Gasteiger partial charge in [0.15, 0.2) is 5.76 Å². The minimum absolute atomic E-state index is 0.0467. The Bertz CT molecular complexity index is 1890. The van der Waals surface area contributed by atoms with E-state index in [2.05, 4.69) is 5.32 Å². The van der Waals surface area contributed by atoms with Gasteiger partial charge in [-0.15, -0.1) is 0 Å². The van der Waals surface area contributed by atoms with Gasteiger partial charge in [0.1, 0.15) is 5.58 Å². The fourth-order valence-corrected chi connectivity index (χ4v) is 6.44. The molecule has 3 atom stereocenters. The monoisotopic (exact) mass is 688 g/mol. The van der Waals surface area contributed by atoms with E-state index in [4.69, 9.17) is 40.1 Å². The molecule has 3 aromatic carbocycles. The van der Waals surface area contributed by atoms with E-state index in [9.17, 15) is 14.4 Å². The molecule has 4 aromatic rings. The Morgan fingerprint density at radius 3 is 2.53 bits per heavy atom. The number of hydrogen-bond donors (Lipinski definition) is 2. The molecule has 0 saturated heterocycles. The Labute approximate surface area is 288 Å². The predicted molar refractivity (Wildman–Crippen MR) is 183 cm³/mol. The number of imide groups is 1. The number of benzene rings is 3. The van der Waals surface area contributed by atoms with Crippen molar-refractivity contribution in [1.82, 2.24) is 0 Å². The fourth-order valence-electron chi connectivity index (χ4n) is 6.27. The van der Waals surface area contributed by atoms with Crippen LogP contribution in [0.25, 0.3) is 11.0 Å². The Kier molecular flexibility index (Phi) is 10.8. The van der Waals surface area contributed by atoms with Crippen molar-refractivity contribution in [3.63, 3.8) is 0 Å². The van der Waals surface area contributed by atoms with E-state index < -0.39 is 24.0 Å². The number of amides is 3. The number of anilines is 2. The molecule has 256 valence electrons. The highest BCUT2D eigenvalue weighted by molar-refractivity contribution is 6.37. The van der Waals surface area contributed by atoms with Crippen LogP contribution in [0.2, 0.25) is 5.02 Å². The molecule has 2 aliphatic heterocycles. The summed E-state index contributed by atoms with van der Waals surface area (Å²) in [5.41, 5.74) is 3.62. The van der Waals surface area contributed by atoms with E-state index in [1.165, 1.54) is 6.07 Å². The second-order valence-electron chi connectivity index (χ2n) is 11.7. The van der Waals surface area contributed by atoms with Gasteiger partial charge in [-0.1, -0.05) is 29.8 Å². The minimum Gasteiger partial charge on any atom is -0.464 e. The molecule has 0 fully saturated rings. The van der Waals surface area contributed by atoms with Gasteiger partial charge in [-0.2, -0.15) is 0 Å². The van der Waals surface area contributed by atoms with E-state index >= 15 is 0 Å². The number of nitrogens with one attached hydrogen (secondary N) is 1. The van der Waals surface area contributed by atoms with Gasteiger partial charge >= 0.3 is 0 Å². The molecule has 0 saturated carbocycles. The van der Waals surface area contributed by atoms with Crippen molar-refractivity contribution in [2.75, 3.05) is 49.9 Å². The molecular formula is C37H37ClN2O9. The molecule has 0 unspecified atom stereocenters. The Balaban J connectivity index is 1.23. The average molecular weight is 689 g/mol. The van der Waals surface area contributed by atoms with Crippen LogP contribution < -0.4 is 10.2 Å². The van der Waals surface area contributed by atoms with E-state index in [1.807, 2.05) is 31.2 Å². The molecule has 11 nitrogen and oxygen atoms in total. The number of furan rings is 1. The van der Waals surface area contributed by atoms with Crippen LogP contribution in [0.1, 0.15) is 51.1 Å². The number of aliphatic hydroxyl groups is 1. The highest BCUT2D eigenvalue weighted by atomic mass is 35.5. The second kappa shape index (κ2) is 15.4. The number of rotatable bonds is 14. The third-order valence-electron chi connectivity index (χ3n) is 8.56. The lowest BCUT2D eigenvalue weighted by Gasteiger charge is -2.36. The van der Waals surface area contributed by atoms with Crippen molar-refractivity contribution >= 4 is 51.7 Å². The van der Waals surface area contributed by atoms with Crippen LogP contribution in [-0.2, 0) is 23.7 Å². The van der Waals surface area contributed by atoms with E-state index in [-0.39, 0.29) is 41.9 Å². The molecule has 0 spiro atoms. The highest BCUT2D eigenvalue weighted by Gasteiger charge is 2.40. The topological polar surface area (TPSA) is 137 Å². The molecule has 49 heavy (non-hydrogen) atoms. The fraction of sp³-hybridized carbons (Fsp3) is 0.324.